The molecule has 0 aliphatic heterocycles. The molecule has 0 radical (unpaired) electrons. The molecule has 0 bridgehead atoms. The summed E-state index contributed by atoms with van der Waals surface area (Å²) in [6, 6.07) is 0. The molecule has 4 nitrogen and oxygen atoms in total. The van der Waals surface area contributed by atoms with Gasteiger partial charge < -0.3 is 20.4 Å². The fraction of sp³-hybridized carbons (Fsp3) is 0.647. The smallest absolute Gasteiger partial charge is 0.144 e. The molecule has 0 heterocycles. The molecule has 0 saturated heterocycles. The van der Waals surface area contributed by atoms with Crippen molar-refractivity contribution in [3.63, 3.8) is 0 Å². The number of unbranched alkanes of at least 4 members (excludes halogenated alkanes) is 4. The van der Waals surface area contributed by atoms with Crippen LogP contribution in [0.25, 0.3) is 0 Å². The third-order valence-electron chi connectivity index (χ3n) is 3.05. The average Bonchev–Trinajstić information content (AvgIpc) is 2.49. The van der Waals surface area contributed by atoms with Crippen molar-refractivity contribution in [2.75, 3.05) is 0 Å². The predicted molar refractivity (Wildman–Crippen MR) is 83.2 cm³/mol. The van der Waals surface area contributed by atoms with Crippen molar-refractivity contribution in [1.82, 2.24) is 0 Å². The lowest BCUT2D eigenvalue weighted by Gasteiger charge is -2.19. The average molecular weight is 294 g/mol. The fourth-order valence-corrected chi connectivity index (χ4v) is 1.70. The van der Waals surface area contributed by atoms with E-state index in [-0.39, 0.29) is 0 Å². The lowest BCUT2D eigenvalue weighted by atomic mass is 10.0. The van der Waals surface area contributed by atoms with Gasteiger partial charge >= 0.3 is 0 Å². The molecule has 4 heteroatoms. The Bertz CT molecular complexity index is 396. The van der Waals surface area contributed by atoms with Crippen molar-refractivity contribution in [2.24, 2.45) is 0 Å². The van der Waals surface area contributed by atoms with Gasteiger partial charge in [0.05, 0.1) is 6.10 Å². The zero-order valence-electron chi connectivity index (χ0n) is 12.6. The van der Waals surface area contributed by atoms with Crippen molar-refractivity contribution in [3.8, 4) is 23.7 Å². The predicted octanol–water partition coefficient (Wildman–Crippen LogP) is 0.983. The lowest BCUT2D eigenvalue weighted by Crippen LogP contribution is -2.36. The van der Waals surface area contributed by atoms with Crippen LogP contribution >= 0.6 is 0 Å². The Balaban J connectivity index is 4.11. The standard InChI is InChI=1S/C17H26O4/c1-3-5-6-7-8-12-15(19)17(21)16(20)13-10-9-11-14(18)4-2/h4,14-21H,2-3,5-8,12H2,1H3/t14-,15+,16+,17+/m0/s1. The van der Waals surface area contributed by atoms with Crippen LogP contribution in [0, 0.1) is 23.7 Å². The van der Waals surface area contributed by atoms with E-state index >= 15 is 0 Å². The second-order valence-electron chi connectivity index (χ2n) is 4.92. The molecule has 0 aliphatic rings. The minimum Gasteiger partial charge on any atom is -0.390 e. The van der Waals surface area contributed by atoms with Crippen molar-refractivity contribution in [1.29, 1.82) is 0 Å². The monoisotopic (exact) mass is 294 g/mol. The summed E-state index contributed by atoms with van der Waals surface area (Å²) in [5.74, 6) is 9.37. The van der Waals surface area contributed by atoms with Gasteiger partial charge in [-0.1, -0.05) is 63.5 Å². The van der Waals surface area contributed by atoms with Gasteiger partial charge in [-0.3, -0.25) is 0 Å². The number of hydrogen-bond donors (Lipinski definition) is 4. The van der Waals surface area contributed by atoms with Gasteiger partial charge in [0.1, 0.15) is 18.3 Å². The van der Waals surface area contributed by atoms with Crippen LogP contribution in [0.4, 0.5) is 0 Å². The van der Waals surface area contributed by atoms with Crippen molar-refractivity contribution < 1.29 is 20.4 Å². The van der Waals surface area contributed by atoms with E-state index in [0.29, 0.717) is 6.42 Å². The first-order valence-corrected chi connectivity index (χ1v) is 7.38. The van der Waals surface area contributed by atoms with Crippen LogP contribution in [0.2, 0.25) is 0 Å². The summed E-state index contributed by atoms with van der Waals surface area (Å²) < 4.78 is 0. The molecule has 0 amide bonds. The van der Waals surface area contributed by atoms with Gasteiger partial charge in [-0.2, -0.15) is 0 Å². The first kappa shape index (κ1) is 19.7. The Morgan fingerprint density at radius 1 is 0.952 bits per heavy atom. The normalized spacial score (nSPS) is 15.7. The van der Waals surface area contributed by atoms with Gasteiger partial charge in [-0.05, 0) is 18.3 Å². The summed E-state index contributed by atoms with van der Waals surface area (Å²) in [6.07, 6.45) is 2.31. The van der Waals surface area contributed by atoms with Crippen LogP contribution in [0.15, 0.2) is 12.7 Å². The molecule has 4 N–H and O–H groups in total. The van der Waals surface area contributed by atoms with Gasteiger partial charge in [-0.25, -0.2) is 0 Å². The van der Waals surface area contributed by atoms with E-state index in [9.17, 15) is 15.3 Å². The summed E-state index contributed by atoms with van der Waals surface area (Å²) in [5.41, 5.74) is 0. The summed E-state index contributed by atoms with van der Waals surface area (Å²) in [6.45, 7) is 5.48. The lowest BCUT2D eigenvalue weighted by molar-refractivity contribution is -0.0415. The molecule has 0 aliphatic carbocycles. The summed E-state index contributed by atoms with van der Waals surface area (Å²) in [5, 5.41) is 38.2. The molecule has 0 unspecified atom stereocenters. The van der Waals surface area contributed by atoms with E-state index in [1.807, 2.05) is 0 Å². The third kappa shape index (κ3) is 10.1. The molecule has 0 saturated carbocycles. The Morgan fingerprint density at radius 3 is 2.19 bits per heavy atom. The zero-order valence-corrected chi connectivity index (χ0v) is 12.6. The molecule has 0 aromatic heterocycles. The highest BCUT2D eigenvalue weighted by Gasteiger charge is 2.22. The van der Waals surface area contributed by atoms with E-state index < -0.39 is 24.4 Å². The highest BCUT2D eigenvalue weighted by Crippen LogP contribution is 2.11. The molecule has 0 rings (SSSR count). The van der Waals surface area contributed by atoms with E-state index in [1.54, 1.807) is 0 Å². The number of aliphatic hydroxyl groups is 4. The van der Waals surface area contributed by atoms with Gasteiger partial charge in [0.25, 0.3) is 0 Å². The third-order valence-corrected chi connectivity index (χ3v) is 3.05. The van der Waals surface area contributed by atoms with Crippen molar-refractivity contribution in [2.45, 2.75) is 69.9 Å². The van der Waals surface area contributed by atoms with E-state index in [1.165, 1.54) is 12.5 Å². The van der Waals surface area contributed by atoms with Crippen molar-refractivity contribution >= 4 is 0 Å². The molecule has 21 heavy (non-hydrogen) atoms. The fourth-order valence-electron chi connectivity index (χ4n) is 1.70. The highest BCUT2D eigenvalue weighted by molar-refractivity contribution is 5.30. The molecule has 0 spiro atoms. The van der Waals surface area contributed by atoms with Crippen LogP contribution < -0.4 is 0 Å². The van der Waals surface area contributed by atoms with Crippen LogP contribution in [-0.4, -0.2) is 44.8 Å². The van der Waals surface area contributed by atoms with E-state index in [0.717, 1.165) is 25.7 Å². The molecule has 0 fully saturated rings. The van der Waals surface area contributed by atoms with E-state index in [2.05, 4.69) is 37.2 Å². The van der Waals surface area contributed by atoms with Gasteiger partial charge in [-0.15, -0.1) is 0 Å². The second kappa shape index (κ2) is 12.4. The Kier molecular flexibility index (Phi) is 11.7. The van der Waals surface area contributed by atoms with E-state index in [4.69, 9.17) is 5.11 Å². The minimum absolute atomic E-state index is 0.435. The Labute approximate surface area is 127 Å². The first-order chi connectivity index (χ1) is 10.0. The molecular formula is C17H26O4. The molecule has 0 aromatic carbocycles. The van der Waals surface area contributed by atoms with Crippen LogP contribution in [-0.2, 0) is 0 Å². The van der Waals surface area contributed by atoms with Gasteiger partial charge in [0.2, 0.25) is 0 Å². The maximum Gasteiger partial charge on any atom is 0.144 e. The maximum atomic E-state index is 9.76. The number of aliphatic hydroxyl groups excluding tert-OH is 4. The Hall–Kier alpha value is -1.30. The van der Waals surface area contributed by atoms with Crippen LogP contribution in [0.3, 0.4) is 0 Å². The molecule has 0 aromatic rings. The first-order valence-electron chi connectivity index (χ1n) is 7.38. The van der Waals surface area contributed by atoms with Gasteiger partial charge in [0.15, 0.2) is 0 Å². The maximum absolute atomic E-state index is 9.76. The number of rotatable bonds is 9. The summed E-state index contributed by atoms with van der Waals surface area (Å²) in [7, 11) is 0. The highest BCUT2D eigenvalue weighted by atomic mass is 16.4. The topological polar surface area (TPSA) is 80.9 Å². The quantitative estimate of drug-likeness (QED) is 0.290. The van der Waals surface area contributed by atoms with Crippen molar-refractivity contribution in [3.05, 3.63) is 12.7 Å². The molecular weight excluding hydrogens is 268 g/mol. The summed E-state index contributed by atoms with van der Waals surface area (Å²) >= 11 is 0. The second-order valence-corrected chi connectivity index (χ2v) is 4.92. The van der Waals surface area contributed by atoms with Gasteiger partial charge in [0, 0.05) is 0 Å². The molecule has 4 atom stereocenters. The van der Waals surface area contributed by atoms with Crippen LogP contribution in [0.5, 0.6) is 0 Å². The molecule has 118 valence electrons. The number of hydrogen-bond acceptors (Lipinski definition) is 4. The summed E-state index contributed by atoms with van der Waals surface area (Å²) in [4.78, 5) is 0. The zero-order chi connectivity index (χ0) is 16.1. The largest absolute Gasteiger partial charge is 0.390 e. The minimum atomic E-state index is -1.36. The SMILES string of the molecule is C=C[C@H](O)C#CC#C[C@@H](O)[C@H](O)[C@H](O)CCCCCCC. The van der Waals surface area contributed by atoms with Crippen LogP contribution in [0.1, 0.15) is 45.4 Å². The Morgan fingerprint density at radius 2 is 1.57 bits per heavy atom.